The minimum absolute atomic E-state index is 0.856. The average Bonchev–Trinajstić information content (AvgIpc) is 2.83. The van der Waals surface area contributed by atoms with Crippen molar-refractivity contribution in [3.05, 3.63) is 42.1 Å². The van der Waals surface area contributed by atoms with Gasteiger partial charge in [0.05, 0.1) is 11.4 Å². The Hall–Kier alpha value is -1.97. The molecule has 0 saturated heterocycles. The number of aromatic nitrogens is 3. The topological polar surface area (TPSA) is 43.1 Å². The minimum atomic E-state index is 0.856. The summed E-state index contributed by atoms with van der Waals surface area (Å²) in [6.07, 6.45) is 5.53. The number of nitrogens with zero attached hydrogens (tertiary/aromatic N) is 4. The molecule has 1 aliphatic rings. The lowest BCUT2D eigenvalue weighted by Gasteiger charge is -2.13. The van der Waals surface area contributed by atoms with Crippen LogP contribution in [-0.4, -0.2) is 26.8 Å². The molecule has 3 heterocycles. The van der Waals surface area contributed by atoms with Gasteiger partial charge in [-0.25, -0.2) is 9.97 Å². The molecule has 0 radical (unpaired) electrons. The van der Waals surface area contributed by atoms with Crippen LogP contribution in [0.3, 0.4) is 0 Å². The van der Waals surface area contributed by atoms with E-state index in [1.54, 1.807) is 6.20 Å². The SMILES string of the molecule is CCC1=NCCc2c1ncn2-c1ccccn1. The molecule has 4 nitrogen and oxygen atoms in total. The molecule has 0 amide bonds. The van der Waals surface area contributed by atoms with Gasteiger partial charge in [0.15, 0.2) is 0 Å². The summed E-state index contributed by atoms with van der Waals surface area (Å²) in [5, 5.41) is 0. The minimum Gasteiger partial charge on any atom is -0.287 e. The normalized spacial score (nSPS) is 14.3. The zero-order chi connectivity index (χ0) is 11.7. The third-order valence-electron chi connectivity index (χ3n) is 3.02. The van der Waals surface area contributed by atoms with Crippen LogP contribution in [0, 0.1) is 0 Å². The molecule has 0 unspecified atom stereocenters. The summed E-state index contributed by atoms with van der Waals surface area (Å²) in [5.74, 6) is 0.929. The van der Waals surface area contributed by atoms with Gasteiger partial charge in [-0.05, 0) is 18.6 Å². The van der Waals surface area contributed by atoms with E-state index in [1.807, 2.05) is 24.5 Å². The predicted molar refractivity (Wildman–Crippen MR) is 66.8 cm³/mol. The van der Waals surface area contributed by atoms with E-state index in [4.69, 9.17) is 0 Å². The number of rotatable bonds is 2. The largest absolute Gasteiger partial charge is 0.287 e. The molecule has 0 aliphatic carbocycles. The highest BCUT2D eigenvalue weighted by Gasteiger charge is 2.19. The summed E-state index contributed by atoms with van der Waals surface area (Å²) >= 11 is 0. The van der Waals surface area contributed by atoms with Crippen molar-refractivity contribution in [3.63, 3.8) is 0 Å². The molecule has 0 atom stereocenters. The maximum Gasteiger partial charge on any atom is 0.138 e. The molecule has 0 saturated carbocycles. The summed E-state index contributed by atoms with van der Waals surface area (Å²) < 4.78 is 2.07. The van der Waals surface area contributed by atoms with Crippen LogP contribution in [0.4, 0.5) is 0 Å². The quantitative estimate of drug-likeness (QED) is 0.786. The average molecular weight is 226 g/mol. The molecule has 4 heteroatoms. The summed E-state index contributed by atoms with van der Waals surface area (Å²) in [5.41, 5.74) is 3.39. The summed E-state index contributed by atoms with van der Waals surface area (Å²) in [6.45, 7) is 2.97. The van der Waals surface area contributed by atoms with Crippen molar-refractivity contribution in [3.8, 4) is 5.82 Å². The fourth-order valence-electron chi connectivity index (χ4n) is 2.20. The first-order valence-corrected chi connectivity index (χ1v) is 5.91. The molecule has 0 fully saturated rings. The second-order valence-electron chi connectivity index (χ2n) is 4.03. The molecule has 2 aromatic heterocycles. The highest BCUT2D eigenvalue weighted by molar-refractivity contribution is 6.00. The van der Waals surface area contributed by atoms with E-state index in [-0.39, 0.29) is 0 Å². The van der Waals surface area contributed by atoms with Crippen molar-refractivity contribution in [2.75, 3.05) is 6.54 Å². The van der Waals surface area contributed by atoms with Gasteiger partial charge in [-0.2, -0.15) is 0 Å². The fraction of sp³-hybridized carbons (Fsp3) is 0.308. The number of aliphatic imine (C=N–C) groups is 1. The molecule has 0 spiro atoms. The van der Waals surface area contributed by atoms with Crippen LogP contribution in [0.5, 0.6) is 0 Å². The second kappa shape index (κ2) is 4.13. The third kappa shape index (κ3) is 1.65. The van der Waals surface area contributed by atoms with E-state index in [2.05, 4.69) is 26.5 Å². The summed E-state index contributed by atoms with van der Waals surface area (Å²) in [4.78, 5) is 13.4. The van der Waals surface area contributed by atoms with Gasteiger partial charge in [0.2, 0.25) is 0 Å². The Balaban J connectivity index is 2.11. The standard InChI is InChI=1S/C13H14N4/c1-2-10-13-11(6-8-14-10)17(9-16-13)12-5-3-4-7-15-12/h3-5,7,9H,2,6,8H2,1H3. The van der Waals surface area contributed by atoms with Crippen molar-refractivity contribution in [1.29, 1.82) is 0 Å². The third-order valence-corrected chi connectivity index (χ3v) is 3.02. The summed E-state index contributed by atoms with van der Waals surface area (Å²) in [7, 11) is 0. The van der Waals surface area contributed by atoms with Gasteiger partial charge in [0.25, 0.3) is 0 Å². The maximum atomic E-state index is 4.52. The van der Waals surface area contributed by atoms with Crippen LogP contribution in [0.1, 0.15) is 24.7 Å². The number of pyridine rings is 1. The van der Waals surface area contributed by atoms with Crippen molar-refractivity contribution < 1.29 is 0 Å². The van der Waals surface area contributed by atoms with Crippen molar-refractivity contribution in [2.45, 2.75) is 19.8 Å². The van der Waals surface area contributed by atoms with Crippen LogP contribution in [0.15, 0.2) is 35.7 Å². The molecular formula is C13H14N4. The van der Waals surface area contributed by atoms with Crippen LogP contribution >= 0.6 is 0 Å². The second-order valence-corrected chi connectivity index (χ2v) is 4.03. The molecule has 17 heavy (non-hydrogen) atoms. The van der Waals surface area contributed by atoms with Gasteiger partial charge >= 0.3 is 0 Å². The Labute approximate surface area is 100 Å². The smallest absolute Gasteiger partial charge is 0.138 e. The van der Waals surface area contributed by atoms with Crippen molar-refractivity contribution >= 4 is 5.71 Å². The van der Waals surface area contributed by atoms with Crippen molar-refractivity contribution in [1.82, 2.24) is 14.5 Å². The first-order chi connectivity index (χ1) is 8.40. The number of imidazole rings is 1. The van der Waals surface area contributed by atoms with Gasteiger partial charge in [-0.1, -0.05) is 13.0 Å². The maximum absolute atomic E-state index is 4.52. The Kier molecular flexibility index (Phi) is 2.48. The molecule has 0 bridgehead atoms. The molecule has 0 aromatic carbocycles. The molecule has 86 valence electrons. The Morgan fingerprint density at radius 3 is 3.00 bits per heavy atom. The highest BCUT2D eigenvalue weighted by atomic mass is 15.1. The molecular weight excluding hydrogens is 212 g/mol. The van der Waals surface area contributed by atoms with Crippen LogP contribution < -0.4 is 0 Å². The van der Waals surface area contributed by atoms with E-state index in [0.29, 0.717) is 0 Å². The molecule has 3 rings (SSSR count). The highest BCUT2D eigenvalue weighted by Crippen LogP contribution is 2.19. The van der Waals surface area contributed by atoms with Crippen LogP contribution in [0.25, 0.3) is 5.82 Å². The van der Waals surface area contributed by atoms with Crippen LogP contribution in [0.2, 0.25) is 0 Å². The number of fused-ring (bicyclic) bond motifs is 1. The predicted octanol–water partition coefficient (Wildman–Crippen LogP) is 2.02. The van der Waals surface area contributed by atoms with E-state index in [1.165, 1.54) is 5.69 Å². The van der Waals surface area contributed by atoms with Gasteiger partial charge in [0.1, 0.15) is 17.8 Å². The van der Waals surface area contributed by atoms with E-state index >= 15 is 0 Å². The first kappa shape index (κ1) is 10.2. The number of hydrogen-bond donors (Lipinski definition) is 0. The molecule has 2 aromatic rings. The van der Waals surface area contributed by atoms with Gasteiger partial charge in [-0.15, -0.1) is 0 Å². The van der Waals surface area contributed by atoms with E-state index in [0.717, 1.165) is 36.6 Å². The lowest BCUT2D eigenvalue weighted by molar-refractivity contribution is 0.838. The number of hydrogen-bond acceptors (Lipinski definition) is 3. The zero-order valence-electron chi connectivity index (χ0n) is 9.80. The lowest BCUT2D eigenvalue weighted by Crippen LogP contribution is -2.14. The monoisotopic (exact) mass is 226 g/mol. The Bertz CT molecular complexity index is 554. The Morgan fingerprint density at radius 1 is 1.29 bits per heavy atom. The molecule has 1 aliphatic heterocycles. The van der Waals surface area contributed by atoms with E-state index in [9.17, 15) is 0 Å². The fourth-order valence-corrected chi connectivity index (χ4v) is 2.20. The van der Waals surface area contributed by atoms with Gasteiger partial charge in [-0.3, -0.25) is 9.56 Å². The lowest BCUT2D eigenvalue weighted by atomic mass is 10.1. The zero-order valence-corrected chi connectivity index (χ0v) is 9.80. The Morgan fingerprint density at radius 2 is 2.24 bits per heavy atom. The van der Waals surface area contributed by atoms with Crippen LogP contribution in [-0.2, 0) is 6.42 Å². The molecule has 0 N–H and O–H groups in total. The van der Waals surface area contributed by atoms with Gasteiger partial charge < -0.3 is 0 Å². The van der Waals surface area contributed by atoms with Crippen molar-refractivity contribution in [2.24, 2.45) is 4.99 Å². The van der Waals surface area contributed by atoms with Gasteiger partial charge in [0, 0.05) is 19.2 Å². The first-order valence-electron chi connectivity index (χ1n) is 5.91. The summed E-state index contributed by atoms with van der Waals surface area (Å²) in [6, 6.07) is 5.91. The van der Waals surface area contributed by atoms with E-state index < -0.39 is 0 Å².